The van der Waals surface area contributed by atoms with Crippen LogP contribution in [0.3, 0.4) is 0 Å². The van der Waals surface area contributed by atoms with Crippen molar-refractivity contribution < 1.29 is 13.2 Å². The van der Waals surface area contributed by atoms with E-state index in [4.69, 9.17) is 6.42 Å². The van der Waals surface area contributed by atoms with E-state index in [0.29, 0.717) is 19.5 Å². The van der Waals surface area contributed by atoms with Crippen molar-refractivity contribution in [1.82, 2.24) is 9.21 Å². The summed E-state index contributed by atoms with van der Waals surface area (Å²) in [7, 11) is -3.54. The Hall–Kier alpha value is -1.84. The van der Waals surface area contributed by atoms with E-state index in [2.05, 4.69) is 5.92 Å². The molecule has 2 fully saturated rings. The molecule has 3 rings (SSSR count). The largest absolute Gasteiger partial charge is 0.341 e. The van der Waals surface area contributed by atoms with E-state index in [0.717, 1.165) is 25.8 Å². The van der Waals surface area contributed by atoms with Gasteiger partial charge in [0, 0.05) is 32.1 Å². The summed E-state index contributed by atoms with van der Waals surface area (Å²) in [4.78, 5) is 15.0. The Balaban J connectivity index is 1.71. The number of carbonyl (C=O) groups is 1. The molecule has 25 heavy (non-hydrogen) atoms. The maximum atomic E-state index is 12.9. The Labute approximate surface area is 150 Å². The predicted octanol–water partition coefficient (Wildman–Crippen LogP) is 1.96. The number of nitrogens with zero attached hydrogens (tertiary/aromatic N) is 2. The summed E-state index contributed by atoms with van der Waals surface area (Å²) in [6, 6.07) is 8.42. The van der Waals surface area contributed by atoms with Crippen LogP contribution in [-0.4, -0.2) is 49.7 Å². The van der Waals surface area contributed by atoms with Crippen LogP contribution in [-0.2, 0) is 14.8 Å². The first kappa shape index (κ1) is 18.0. The number of likely N-dealkylation sites (tertiary alicyclic amines) is 1. The van der Waals surface area contributed by atoms with Crippen LogP contribution in [0.2, 0.25) is 0 Å². The van der Waals surface area contributed by atoms with Crippen molar-refractivity contribution in [3.8, 4) is 12.3 Å². The molecule has 0 bridgehead atoms. The quantitative estimate of drug-likeness (QED) is 0.774. The number of benzene rings is 1. The van der Waals surface area contributed by atoms with Gasteiger partial charge in [-0.1, -0.05) is 18.2 Å². The van der Waals surface area contributed by atoms with Crippen molar-refractivity contribution in [3.63, 3.8) is 0 Å². The lowest BCUT2D eigenvalue weighted by Gasteiger charge is -2.37. The van der Waals surface area contributed by atoms with Crippen molar-refractivity contribution in [2.45, 2.75) is 30.6 Å². The molecular formula is C19H24N2O3S. The summed E-state index contributed by atoms with van der Waals surface area (Å²) in [5.41, 5.74) is 0. The Morgan fingerprint density at radius 1 is 1.08 bits per heavy atom. The molecule has 0 spiro atoms. The number of amides is 1. The maximum absolute atomic E-state index is 12.9. The zero-order valence-electron chi connectivity index (χ0n) is 14.3. The number of carbonyl (C=O) groups excluding carboxylic acids is 1. The van der Waals surface area contributed by atoms with Gasteiger partial charge in [-0.2, -0.15) is 4.31 Å². The molecule has 1 aromatic carbocycles. The zero-order valence-corrected chi connectivity index (χ0v) is 15.1. The normalized spacial score (nSPS) is 25.3. The average molecular weight is 360 g/mol. The molecule has 0 N–H and O–H groups in total. The van der Waals surface area contributed by atoms with E-state index in [-0.39, 0.29) is 29.2 Å². The van der Waals surface area contributed by atoms with E-state index in [9.17, 15) is 13.2 Å². The van der Waals surface area contributed by atoms with Gasteiger partial charge in [-0.25, -0.2) is 8.42 Å². The van der Waals surface area contributed by atoms with Gasteiger partial charge in [0.05, 0.1) is 10.8 Å². The van der Waals surface area contributed by atoms with E-state index in [1.165, 1.54) is 4.31 Å². The first-order valence-electron chi connectivity index (χ1n) is 8.82. The molecule has 2 aliphatic heterocycles. The summed E-state index contributed by atoms with van der Waals surface area (Å²) in [6.45, 7) is 2.04. The number of rotatable bonds is 3. The minimum atomic E-state index is -3.54. The van der Waals surface area contributed by atoms with Crippen LogP contribution in [0.4, 0.5) is 0 Å². The highest BCUT2D eigenvalue weighted by Gasteiger charge is 2.36. The lowest BCUT2D eigenvalue weighted by molar-refractivity contribution is -0.138. The van der Waals surface area contributed by atoms with Crippen molar-refractivity contribution in [1.29, 1.82) is 0 Å². The summed E-state index contributed by atoms with van der Waals surface area (Å²) < 4.78 is 27.1. The van der Waals surface area contributed by atoms with Crippen molar-refractivity contribution >= 4 is 15.9 Å². The van der Waals surface area contributed by atoms with Crippen LogP contribution in [0.5, 0.6) is 0 Å². The minimum absolute atomic E-state index is 0.0490. The first-order chi connectivity index (χ1) is 12.0. The molecule has 0 unspecified atom stereocenters. The molecule has 0 saturated carbocycles. The molecule has 2 saturated heterocycles. The highest BCUT2D eigenvalue weighted by atomic mass is 32.2. The molecule has 1 amide bonds. The molecule has 2 atom stereocenters. The van der Waals surface area contributed by atoms with Crippen molar-refractivity contribution in [2.24, 2.45) is 11.8 Å². The van der Waals surface area contributed by atoms with Crippen molar-refractivity contribution in [2.75, 3.05) is 26.2 Å². The molecule has 2 heterocycles. The topological polar surface area (TPSA) is 57.7 Å². The van der Waals surface area contributed by atoms with Crippen LogP contribution >= 0.6 is 0 Å². The van der Waals surface area contributed by atoms with Crippen LogP contribution < -0.4 is 0 Å². The fourth-order valence-electron chi connectivity index (χ4n) is 3.68. The fraction of sp³-hybridized carbons (Fsp3) is 0.526. The van der Waals surface area contributed by atoms with Gasteiger partial charge in [-0.15, -0.1) is 12.3 Å². The lowest BCUT2D eigenvalue weighted by atomic mass is 9.94. The Bertz CT molecular complexity index is 755. The monoisotopic (exact) mass is 360 g/mol. The second-order valence-corrected chi connectivity index (χ2v) is 8.74. The number of sulfonamides is 1. The van der Waals surface area contributed by atoms with E-state index >= 15 is 0 Å². The third-order valence-electron chi connectivity index (χ3n) is 5.08. The highest BCUT2D eigenvalue weighted by molar-refractivity contribution is 7.89. The van der Waals surface area contributed by atoms with Gasteiger partial charge in [0.2, 0.25) is 15.9 Å². The van der Waals surface area contributed by atoms with Gasteiger partial charge in [-0.3, -0.25) is 4.79 Å². The molecule has 134 valence electrons. The minimum Gasteiger partial charge on any atom is -0.341 e. The lowest BCUT2D eigenvalue weighted by Crippen LogP contribution is -2.49. The Morgan fingerprint density at radius 2 is 1.80 bits per heavy atom. The van der Waals surface area contributed by atoms with Gasteiger partial charge >= 0.3 is 0 Å². The number of hydrogen-bond acceptors (Lipinski definition) is 3. The summed E-state index contributed by atoms with van der Waals surface area (Å²) in [5, 5.41) is 0. The first-order valence-corrected chi connectivity index (χ1v) is 10.3. The fourth-order valence-corrected chi connectivity index (χ4v) is 5.22. The molecule has 5 nitrogen and oxygen atoms in total. The SMILES string of the molecule is C#C[C@@H]1CCCN(C(=O)[C@@H]2CCCN(S(=O)(=O)c3ccccc3)C2)C1. The van der Waals surface area contributed by atoms with E-state index in [1.54, 1.807) is 30.3 Å². The molecular weight excluding hydrogens is 336 g/mol. The second-order valence-electron chi connectivity index (χ2n) is 6.81. The smallest absolute Gasteiger partial charge is 0.243 e. The van der Waals surface area contributed by atoms with E-state index < -0.39 is 10.0 Å². The second kappa shape index (κ2) is 7.59. The van der Waals surface area contributed by atoms with E-state index in [1.807, 2.05) is 4.90 Å². The third-order valence-corrected chi connectivity index (χ3v) is 6.96. The molecule has 0 radical (unpaired) electrons. The van der Waals surface area contributed by atoms with Gasteiger partial charge in [0.1, 0.15) is 0 Å². The van der Waals surface area contributed by atoms with Crippen LogP contribution in [0.25, 0.3) is 0 Å². The number of hydrogen-bond donors (Lipinski definition) is 0. The maximum Gasteiger partial charge on any atom is 0.243 e. The van der Waals surface area contributed by atoms with Gasteiger partial charge < -0.3 is 4.90 Å². The third kappa shape index (κ3) is 3.88. The van der Waals surface area contributed by atoms with Crippen LogP contribution in [0.1, 0.15) is 25.7 Å². The van der Waals surface area contributed by atoms with Crippen LogP contribution in [0.15, 0.2) is 35.2 Å². The van der Waals surface area contributed by atoms with Crippen molar-refractivity contribution in [3.05, 3.63) is 30.3 Å². The summed E-state index contributed by atoms with van der Waals surface area (Å²) in [5.74, 6) is 2.64. The summed E-state index contributed by atoms with van der Waals surface area (Å²) >= 11 is 0. The molecule has 6 heteroatoms. The average Bonchev–Trinajstić information content (AvgIpc) is 2.68. The Kier molecular flexibility index (Phi) is 5.45. The van der Waals surface area contributed by atoms with Gasteiger partial charge in [-0.05, 0) is 37.8 Å². The van der Waals surface area contributed by atoms with Crippen LogP contribution in [0, 0.1) is 24.2 Å². The number of terminal acetylenes is 1. The number of piperidine rings is 2. The molecule has 1 aromatic rings. The molecule has 2 aliphatic rings. The predicted molar refractivity (Wildman–Crippen MR) is 96.1 cm³/mol. The molecule has 0 aliphatic carbocycles. The van der Waals surface area contributed by atoms with Gasteiger partial charge in [0.25, 0.3) is 0 Å². The zero-order chi connectivity index (χ0) is 17.9. The Morgan fingerprint density at radius 3 is 2.52 bits per heavy atom. The summed E-state index contributed by atoms with van der Waals surface area (Å²) in [6.07, 6.45) is 8.82. The van der Waals surface area contributed by atoms with Gasteiger partial charge in [0.15, 0.2) is 0 Å². The highest BCUT2D eigenvalue weighted by Crippen LogP contribution is 2.26. The standard InChI is InChI=1S/C19H24N2O3S/c1-2-16-8-6-12-20(14-16)19(22)17-9-7-13-21(15-17)25(23,24)18-10-4-3-5-11-18/h1,3-5,10-11,16-17H,6-9,12-15H2/t16-,17-/m1/s1. The molecule has 0 aromatic heterocycles.